The summed E-state index contributed by atoms with van der Waals surface area (Å²) in [6.07, 6.45) is -0.749. The maximum absolute atomic E-state index is 12.7. The number of anilines is 1. The lowest BCUT2D eigenvalue weighted by atomic mass is 10.1. The van der Waals surface area contributed by atoms with E-state index in [1.165, 1.54) is 0 Å². The quantitative estimate of drug-likeness (QED) is 0.830. The Morgan fingerprint density at radius 1 is 1.00 bits per heavy atom. The second-order valence-electron chi connectivity index (χ2n) is 7.64. The molecular weight excluding hydrogens is 386 g/mol. The largest absolute Gasteiger partial charge is 0.478 e. The number of carbonyl (C=O) groups is 2. The van der Waals surface area contributed by atoms with Crippen LogP contribution in [0.3, 0.4) is 0 Å². The van der Waals surface area contributed by atoms with Crippen LogP contribution in [0.25, 0.3) is 0 Å². The summed E-state index contributed by atoms with van der Waals surface area (Å²) in [6, 6.07) is 13.2. The first-order valence-electron chi connectivity index (χ1n) is 10.1. The fourth-order valence-corrected chi connectivity index (χ4v) is 3.97. The van der Waals surface area contributed by atoms with Gasteiger partial charge >= 0.3 is 0 Å². The first-order chi connectivity index (χ1) is 14.7. The van der Waals surface area contributed by atoms with E-state index < -0.39 is 6.10 Å². The summed E-state index contributed by atoms with van der Waals surface area (Å²) in [4.78, 5) is 29.1. The highest BCUT2D eigenvalue weighted by atomic mass is 16.7. The van der Waals surface area contributed by atoms with Crippen LogP contribution in [0.1, 0.15) is 12.0 Å². The zero-order valence-corrected chi connectivity index (χ0v) is 16.5. The van der Waals surface area contributed by atoms with Crippen LogP contribution >= 0.6 is 0 Å². The highest BCUT2D eigenvalue weighted by Crippen LogP contribution is 2.33. The number of fused-ring (bicyclic) bond motifs is 2. The van der Waals surface area contributed by atoms with Crippen molar-refractivity contribution < 1.29 is 23.8 Å². The van der Waals surface area contributed by atoms with Crippen molar-refractivity contribution in [3.63, 3.8) is 0 Å². The average Bonchev–Trinajstić information content (AvgIpc) is 3.23. The number of rotatable bonds is 4. The third-order valence-corrected chi connectivity index (χ3v) is 5.63. The van der Waals surface area contributed by atoms with Crippen molar-refractivity contribution in [2.75, 3.05) is 38.3 Å². The molecule has 1 N–H and O–H groups in total. The van der Waals surface area contributed by atoms with Crippen molar-refractivity contribution in [1.29, 1.82) is 0 Å². The number of para-hydroxylation sites is 2. The van der Waals surface area contributed by atoms with Gasteiger partial charge in [0.25, 0.3) is 5.91 Å². The normalized spacial score (nSPS) is 20.3. The summed E-state index contributed by atoms with van der Waals surface area (Å²) in [5.41, 5.74) is 1.80. The number of nitrogens with zero attached hydrogens (tertiary/aromatic N) is 2. The number of benzene rings is 2. The predicted molar refractivity (Wildman–Crippen MR) is 109 cm³/mol. The van der Waals surface area contributed by atoms with E-state index in [4.69, 9.17) is 14.2 Å². The Balaban J connectivity index is 1.13. The summed E-state index contributed by atoms with van der Waals surface area (Å²) >= 11 is 0. The topological polar surface area (TPSA) is 80.3 Å². The summed E-state index contributed by atoms with van der Waals surface area (Å²) in [6.45, 7) is 3.89. The van der Waals surface area contributed by atoms with Crippen LogP contribution in [-0.4, -0.2) is 60.7 Å². The molecule has 0 radical (unpaired) electrons. The third-order valence-electron chi connectivity index (χ3n) is 5.63. The van der Waals surface area contributed by atoms with Gasteiger partial charge in [0.15, 0.2) is 17.6 Å². The zero-order chi connectivity index (χ0) is 20.5. The highest BCUT2D eigenvalue weighted by Gasteiger charge is 2.32. The van der Waals surface area contributed by atoms with Crippen molar-refractivity contribution >= 4 is 17.5 Å². The Labute approximate surface area is 174 Å². The summed E-state index contributed by atoms with van der Waals surface area (Å²) < 4.78 is 16.5. The molecule has 3 heterocycles. The van der Waals surface area contributed by atoms with E-state index in [9.17, 15) is 9.59 Å². The van der Waals surface area contributed by atoms with Gasteiger partial charge in [-0.15, -0.1) is 0 Å². The van der Waals surface area contributed by atoms with E-state index >= 15 is 0 Å². The summed E-state index contributed by atoms with van der Waals surface area (Å²) in [5, 5.41) is 2.81. The molecule has 0 aliphatic carbocycles. The summed E-state index contributed by atoms with van der Waals surface area (Å²) in [5.74, 6) is 1.84. The van der Waals surface area contributed by atoms with Crippen LogP contribution in [0.5, 0.6) is 17.2 Å². The molecule has 2 aromatic carbocycles. The van der Waals surface area contributed by atoms with Crippen LogP contribution in [0, 0.1) is 0 Å². The van der Waals surface area contributed by atoms with Crippen LogP contribution < -0.4 is 19.5 Å². The Morgan fingerprint density at radius 2 is 1.80 bits per heavy atom. The Kier molecular flexibility index (Phi) is 4.92. The lowest BCUT2D eigenvalue weighted by Gasteiger charge is -2.35. The molecule has 8 nitrogen and oxygen atoms in total. The van der Waals surface area contributed by atoms with E-state index in [0.29, 0.717) is 24.5 Å². The maximum atomic E-state index is 12.7. The molecule has 3 aliphatic heterocycles. The van der Waals surface area contributed by atoms with E-state index in [0.717, 1.165) is 36.7 Å². The van der Waals surface area contributed by atoms with Gasteiger partial charge in [-0.1, -0.05) is 18.2 Å². The number of piperazine rings is 1. The molecule has 0 bridgehead atoms. The molecule has 3 aliphatic rings. The first-order valence-corrected chi connectivity index (χ1v) is 10.1. The SMILES string of the molecule is O=C1Nc2ccccc2O[C@@H]1CC(=O)N1CCN(Cc2ccc3c(c2)OCO3)CC1. The van der Waals surface area contributed by atoms with Crippen molar-refractivity contribution in [3.05, 3.63) is 48.0 Å². The lowest BCUT2D eigenvalue weighted by molar-refractivity contribution is -0.138. The number of nitrogens with one attached hydrogen (secondary N) is 1. The van der Waals surface area contributed by atoms with E-state index in [2.05, 4.69) is 10.2 Å². The number of carbonyl (C=O) groups excluding carboxylic acids is 2. The Bertz CT molecular complexity index is 971. The van der Waals surface area contributed by atoms with Crippen LogP contribution in [0.15, 0.2) is 42.5 Å². The molecule has 0 saturated carbocycles. The minimum absolute atomic E-state index is 0.0440. The second kappa shape index (κ2) is 7.87. The molecule has 8 heteroatoms. The molecule has 5 rings (SSSR count). The van der Waals surface area contributed by atoms with Crippen molar-refractivity contribution in [3.8, 4) is 17.2 Å². The van der Waals surface area contributed by atoms with Crippen molar-refractivity contribution in [2.45, 2.75) is 19.1 Å². The van der Waals surface area contributed by atoms with Gasteiger partial charge in [0, 0.05) is 32.7 Å². The predicted octanol–water partition coefficient (Wildman–Crippen LogP) is 1.85. The van der Waals surface area contributed by atoms with Gasteiger partial charge in [-0.25, -0.2) is 0 Å². The average molecular weight is 409 g/mol. The Morgan fingerprint density at radius 3 is 2.67 bits per heavy atom. The zero-order valence-electron chi connectivity index (χ0n) is 16.5. The maximum Gasteiger partial charge on any atom is 0.266 e. The number of ether oxygens (including phenoxy) is 3. The molecule has 2 aromatic rings. The van der Waals surface area contributed by atoms with Gasteiger partial charge in [0.1, 0.15) is 5.75 Å². The highest BCUT2D eigenvalue weighted by molar-refractivity contribution is 5.99. The fourth-order valence-electron chi connectivity index (χ4n) is 3.97. The minimum atomic E-state index is -0.793. The van der Waals surface area contributed by atoms with Crippen molar-refractivity contribution in [2.24, 2.45) is 0 Å². The van der Waals surface area contributed by atoms with Crippen LogP contribution in [0.2, 0.25) is 0 Å². The number of amides is 2. The molecule has 0 aromatic heterocycles. The molecule has 30 heavy (non-hydrogen) atoms. The van der Waals surface area contributed by atoms with Gasteiger partial charge in [-0.05, 0) is 29.8 Å². The minimum Gasteiger partial charge on any atom is -0.478 e. The standard InChI is InChI=1S/C22H23N3O5/c26-21(12-20-22(27)23-16-3-1-2-4-17(16)30-20)25-9-7-24(8-10-25)13-15-5-6-18-19(11-15)29-14-28-18/h1-6,11,20H,7-10,12-14H2,(H,23,27)/t20-/m1/s1. The van der Waals surface area contributed by atoms with Crippen molar-refractivity contribution in [1.82, 2.24) is 9.80 Å². The number of hydrogen-bond acceptors (Lipinski definition) is 6. The molecule has 1 fully saturated rings. The molecule has 0 unspecified atom stereocenters. The monoisotopic (exact) mass is 409 g/mol. The fraction of sp³-hybridized carbons (Fsp3) is 0.364. The van der Waals surface area contributed by atoms with E-state index in [1.807, 2.05) is 35.2 Å². The molecule has 1 saturated heterocycles. The molecule has 156 valence electrons. The van der Waals surface area contributed by atoms with E-state index in [1.54, 1.807) is 12.1 Å². The van der Waals surface area contributed by atoms with Gasteiger partial charge in [0.2, 0.25) is 12.7 Å². The lowest BCUT2D eigenvalue weighted by Crippen LogP contribution is -2.50. The second-order valence-corrected chi connectivity index (χ2v) is 7.64. The van der Waals surface area contributed by atoms with Crippen LogP contribution in [0.4, 0.5) is 5.69 Å². The third kappa shape index (κ3) is 3.78. The van der Waals surface area contributed by atoms with Gasteiger partial charge in [-0.2, -0.15) is 0 Å². The molecule has 2 amide bonds. The van der Waals surface area contributed by atoms with Gasteiger partial charge in [0.05, 0.1) is 12.1 Å². The molecule has 1 atom stereocenters. The van der Waals surface area contributed by atoms with E-state index in [-0.39, 0.29) is 25.0 Å². The smallest absolute Gasteiger partial charge is 0.266 e. The summed E-state index contributed by atoms with van der Waals surface area (Å²) in [7, 11) is 0. The Hall–Kier alpha value is -3.26. The first kappa shape index (κ1) is 18.7. The molecule has 0 spiro atoms. The van der Waals surface area contributed by atoms with Gasteiger partial charge < -0.3 is 24.4 Å². The number of hydrogen-bond donors (Lipinski definition) is 1. The van der Waals surface area contributed by atoms with Crippen LogP contribution in [-0.2, 0) is 16.1 Å². The molecular formula is C22H23N3O5. The van der Waals surface area contributed by atoms with Gasteiger partial charge in [-0.3, -0.25) is 14.5 Å².